The zero-order valence-electron chi connectivity index (χ0n) is 18.5. The van der Waals surface area contributed by atoms with Crippen molar-refractivity contribution in [2.45, 2.75) is 45.8 Å². The van der Waals surface area contributed by atoms with Gasteiger partial charge < -0.3 is 18.8 Å². The maximum Gasteiger partial charge on any atom is 0.337 e. The van der Waals surface area contributed by atoms with E-state index in [9.17, 15) is 9.59 Å². The molecule has 3 rings (SSSR count). The van der Waals surface area contributed by atoms with Gasteiger partial charge in [0.25, 0.3) is 0 Å². The summed E-state index contributed by atoms with van der Waals surface area (Å²) in [5.41, 5.74) is 2.16. The van der Waals surface area contributed by atoms with Crippen LogP contribution in [-0.2, 0) is 20.8 Å². The van der Waals surface area contributed by atoms with Crippen molar-refractivity contribution in [3.8, 4) is 5.75 Å². The summed E-state index contributed by atoms with van der Waals surface area (Å²) in [6, 6.07) is 15.4. The molecule has 0 saturated heterocycles. The van der Waals surface area contributed by atoms with Gasteiger partial charge in [0.1, 0.15) is 11.4 Å². The van der Waals surface area contributed by atoms with Crippen LogP contribution in [0.15, 0.2) is 54.7 Å². The van der Waals surface area contributed by atoms with Gasteiger partial charge >= 0.3 is 11.9 Å². The van der Waals surface area contributed by atoms with Gasteiger partial charge in [0.2, 0.25) is 0 Å². The average molecular weight is 424 g/mol. The number of nitrogens with zero attached hydrogens (tertiary/aromatic N) is 1. The molecule has 0 aliphatic carbocycles. The predicted octanol–water partition coefficient (Wildman–Crippen LogP) is 4.98. The fourth-order valence-electron chi connectivity index (χ4n) is 3.25. The highest BCUT2D eigenvalue weighted by Crippen LogP contribution is 2.21. The second-order valence-corrected chi connectivity index (χ2v) is 8.39. The fourth-order valence-corrected chi connectivity index (χ4v) is 3.25. The van der Waals surface area contributed by atoms with Crippen LogP contribution in [0.1, 0.15) is 49.5 Å². The zero-order chi connectivity index (χ0) is 22.4. The molecule has 31 heavy (non-hydrogen) atoms. The maximum atomic E-state index is 11.8. The smallest absolute Gasteiger partial charge is 0.337 e. The zero-order valence-corrected chi connectivity index (χ0v) is 18.5. The molecule has 0 unspecified atom stereocenters. The van der Waals surface area contributed by atoms with Crippen LogP contribution < -0.4 is 4.74 Å². The second-order valence-electron chi connectivity index (χ2n) is 8.39. The highest BCUT2D eigenvalue weighted by molar-refractivity contribution is 5.94. The number of aromatic nitrogens is 1. The Morgan fingerprint density at radius 3 is 2.42 bits per heavy atom. The molecule has 0 aliphatic rings. The largest absolute Gasteiger partial charge is 0.494 e. The molecule has 0 fully saturated rings. The number of benzene rings is 2. The van der Waals surface area contributed by atoms with Crippen LogP contribution in [-0.4, -0.2) is 35.8 Å². The Morgan fingerprint density at radius 1 is 1.00 bits per heavy atom. The molecule has 164 valence electrons. The molecule has 0 N–H and O–H groups in total. The molecular weight excluding hydrogens is 394 g/mol. The van der Waals surface area contributed by atoms with Gasteiger partial charge in [0.05, 0.1) is 19.3 Å². The van der Waals surface area contributed by atoms with E-state index < -0.39 is 5.60 Å². The molecule has 6 nitrogen and oxygen atoms in total. The van der Waals surface area contributed by atoms with Crippen LogP contribution in [0.5, 0.6) is 5.75 Å². The van der Waals surface area contributed by atoms with Crippen molar-refractivity contribution >= 4 is 22.8 Å². The fraction of sp³-hybridized carbons (Fsp3) is 0.360. The average Bonchev–Trinajstić information content (AvgIpc) is 3.12. The first-order valence-corrected chi connectivity index (χ1v) is 10.4. The Labute approximate surface area is 182 Å². The lowest BCUT2D eigenvalue weighted by Crippen LogP contribution is -2.23. The number of hydrogen-bond donors (Lipinski definition) is 0. The van der Waals surface area contributed by atoms with E-state index in [4.69, 9.17) is 14.2 Å². The van der Waals surface area contributed by atoms with Crippen LogP contribution in [0.3, 0.4) is 0 Å². The van der Waals surface area contributed by atoms with Crippen molar-refractivity contribution in [1.82, 2.24) is 4.57 Å². The van der Waals surface area contributed by atoms with E-state index in [0.29, 0.717) is 31.6 Å². The molecule has 0 spiro atoms. The Morgan fingerprint density at radius 2 is 1.74 bits per heavy atom. The Kier molecular flexibility index (Phi) is 7.00. The summed E-state index contributed by atoms with van der Waals surface area (Å²) < 4.78 is 17.9. The lowest BCUT2D eigenvalue weighted by atomic mass is 10.1. The Hall–Kier alpha value is -3.28. The summed E-state index contributed by atoms with van der Waals surface area (Å²) in [5.74, 6) is 0.210. The van der Waals surface area contributed by atoms with Gasteiger partial charge in [-0.15, -0.1) is 0 Å². The molecule has 3 aromatic rings. The Bertz CT molecular complexity index is 1040. The molecule has 2 aromatic carbocycles. The standard InChI is InChI=1S/C25H29NO5/c1-25(2,3)31-23(27)6-5-15-30-21-11-7-18(8-12-21)17-26-14-13-19-9-10-20(16-22(19)26)24(28)29-4/h7-14,16H,5-6,15,17H2,1-4H3. The van der Waals surface area contributed by atoms with Crippen molar-refractivity contribution < 1.29 is 23.8 Å². The maximum absolute atomic E-state index is 11.8. The Balaban J connectivity index is 1.55. The number of methoxy groups -OCH3 is 1. The van der Waals surface area contributed by atoms with E-state index in [-0.39, 0.29) is 11.9 Å². The van der Waals surface area contributed by atoms with E-state index in [1.54, 1.807) is 6.07 Å². The van der Waals surface area contributed by atoms with Crippen molar-refractivity contribution in [3.05, 3.63) is 65.9 Å². The topological polar surface area (TPSA) is 66.8 Å². The third kappa shape index (κ3) is 6.35. The minimum absolute atomic E-state index is 0.208. The number of ether oxygens (including phenoxy) is 3. The van der Waals surface area contributed by atoms with Gasteiger partial charge in [-0.25, -0.2) is 4.79 Å². The number of rotatable bonds is 8. The number of esters is 2. The monoisotopic (exact) mass is 423 g/mol. The third-order valence-corrected chi connectivity index (χ3v) is 4.69. The van der Waals surface area contributed by atoms with Crippen LogP contribution in [0.2, 0.25) is 0 Å². The van der Waals surface area contributed by atoms with E-state index >= 15 is 0 Å². The van der Waals surface area contributed by atoms with Crippen LogP contribution in [0.4, 0.5) is 0 Å². The van der Waals surface area contributed by atoms with Crippen LogP contribution >= 0.6 is 0 Å². The first kappa shape index (κ1) is 22.4. The number of fused-ring (bicyclic) bond motifs is 1. The van der Waals surface area contributed by atoms with Crippen molar-refractivity contribution in [2.75, 3.05) is 13.7 Å². The van der Waals surface area contributed by atoms with Crippen molar-refractivity contribution in [1.29, 1.82) is 0 Å². The lowest BCUT2D eigenvalue weighted by molar-refractivity contribution is -0.155. The van der Waals surface area contributed by atoms with Gasteiger partial charge in [0, 0.05) is 24.7 Å². The molecule has 0 saturated carbocycles. The predicted molar refractivity (Wildman–Crippen MR) is 119 cm³/mol. The van der Waals surface area contributed by atoms with Crippen molar-refractivity contribution in [3.63, 3.8) is 0 Å². The summed E-state index contributed by atoms with van der Waals surface area (Å²) in [4.78, 5) is 23.6. The molecule has 0 bridgehead atoms. The summed E-state index contributed by atoms with van der Waals surface area (Å²) in [7, 11) is 1.38. The quantitative estimate of drug-likeness (QED) is 0.378. The molecule has 0 atom stereocenters. The SMILES string of the molecule is COC(=O)c1ccc2ccn(Cc3ccc(OCCCC(=O)OC(C)(C)C)cc3)c2c1. The van der Waals surface area contributed by atoms with E-state index in [1.807, 2.05) is 69.4 Å². The lowest BCUT2D eigenvalue weighted by Gasteiger charge is -2.19. The summed E-state index contributed by atoms with van der Waals surface area (Å²) in [6.45, 7) is 6.71. The highest BCUT2D eigenvalue weighted by Gasteiger charge is 2.15. The molecular formula is C25H29NO5. The number of hydrogen-bond acceptors (Lipinski definition) is 5. The molecule has 6 heteroatoms. The second kappa shape index (κ2) is 9.69. The molecule has 0 radical (unpaired) electrons. The molecule has 0 aliphatic heterocycles. The number of carbonyl (C=O) groups is 2. The number of carbonyl (C=O) groups excluding carboxylic acids is 2. The van der Waals surface area contributed by atoms with Gasteiger partial charge in [-0.05, 0) is 68.5 Å². The van der Waals surface area contributed by atoms with Gasteiger partial charge in [-0.1, -0.05) is 18.2 Å². The third-order valence-electron chi connectivity index (χ3n) is 4.69. The van der Waals surface area contributed by atoms with Crippen LogP contribution in [0, 0.1) is 0 Å². The van der Waals surface area contributed by atoms with Crippen molar-refractivity contribution in [2.24, 2.45) is 0 Å². The van der Waals surface area contributed by atoms with Gasteiger partial charge in [-0.3, -0.25) is 4.79 Å². The summed E-state index contributed by atoms with van der Waals surface area (Å²) >= 11 is 0. The van der Waals surface area contributed by atoms with Gasteiger partial charge in [-0.2, -0.15) is 0 Å². The van der Waals surface area contributed by atoms with E-state index in [1.165, 1.54) is 7.11 Å². The highest BCUT2D eigenvalue weighted by atomic mass is 16.6. The molecule has 1 aromatic heterocycles. The summed E-state index contributed by atoms with van der Waals surface area (Å²) in [5, 5.41) is 1.07. The minimum atomic E-state index is -0.459. The summed E-state index contributed by atoms with van der Waals surface area (Å²) in [6.07, 6.45) is 2.95. The van der Waals surface area contributed by atoms with E-state index in [0.717, 1.165) is 22.2 Å². The van der Waals surface area contributed by atoms with Crippen LogP contribution in [0.25, 0.3) is 10.9 Å². The first-order chi connectivity index (χ1) is 14.7. The minimum Gasteiger partial charge on any atom is -0.494 e. The van der Waals surface area contributed by atoms with E-state index in [2.05, 4.69) is 4.57 Å². The molecule has 1 heterocycles. The normalized spacial score (nSPS) is 11.4. The first-order valence-electron chi connectivity index (χ1n) is 10.4. The van der Waals surface area contributed by atoms with Gasteiger partial charge in [0.15, 0.2) is 0 Å². The molecule has 0 amide bonds.